The van der Waals surface area contributed by atoms with Crippen molar-refractivity contribution in [2.75, 3.05) is 30.8 Å². The average molecular weight is 500 g/mol. The van der Waals surface area contributed by atoms with E-state index >= 15 is 0 Å². The van der Waals surface area contributed by atoms with Crippen LogP contribution in [0.15, 0.2) is 64.9 Å². The van der Waals surface area contributed by atoms with Crippen LogP contribution < -0.4 is 15.4 Å². The zero-order valence-electron chi connectivity index (χ0n) is 18.6. The molecule has 2 aromatic carbocycles. The first-order chi connectivity index (χ1) is 16.4. The van der Waals surface area contributed by atoms with Crippen molar-refractivity contribution in [1.82, 2.24) is 4.31 Å². The van der Waals surface area contributed by atoms with Gasteiger partial charge >= 0.3 is 0 Å². The highest BCUT2D eigenvalue weighted by Gasteiger charge is 2.29. The lowest BCUT2D eigenvalue weighted by atomic mass is 10.1. The second-order valence-electron chi connectivity index (χ2n) is 7.80. The third-order valence-corrected chi connectivity index (χ3v) is 8.27. The first kappa shape index (κ1) is 23.9. The number of hydrogen-bond donors (Lipinski definition) is 2. The summed E-state index contributed by atoms with van der Waals surface area (Å²) in [5, 5.41) is 7.33. The Hall–Kier alpha value is -3.21. The lowest BCUT2D eigenvalue weighted by Gasteiger charge is -2.26. The van der Waals surface area contributed by atoms with Crippen LogP contribution in [0, 0.1) is 0 Å². The van der Waals surface area contributed by atoms with E-state index in [-0.39, 0.29) is 16.6 Å². The van der Waals surface area contributed by atoms with Crippen LogP contribution in [0.1, 0.15) is 39.3 Å². The van der Waals surface area contributed by atoms with E-state index in [2.05, 4.69) is 10.6 Å². The molecule has 34 heavy (non-hydrogen) atoms. The fourth-order valence-electron chi connectivity index (χ4n) is 3.74. The number of nitrogens with one attached hydrogen (secondary N) is 2. The third-order valence-electron chi connectivity index (χ3n) is 5.48. The second kappa shape index (κ2) is 10.4. The fourth-order valence-corrected chi connectivity index (χ4v) is 6.06. The van der Waals surface area contributed by atoms with Crippen molar-refractivity contribution >= 4 is 44.5 Å². The Morgan fingerprint density at radius 2 is 1.65 bits per heavy atom. The van der Waals surface area contributed by atoms with E-state index in [1.165, 1.54) is 34.9 Å². The van der Waals surface area contributed by atoms with E-state index in [9.17, 15) is 18.0 Å². The number of sulfonamides is 1. The van der Waals surface area contributed by atoms with Crippen LogP contribution in [-0.2, 0) is 10.0 Å². The molecule has 1 aliphatic heterocycles. The van der Waals surface area contributed by atoms with E-state index < -0.39 is 15.9 Å². The standard InChI is InChI=1S/C24H25N3O5S2/c1-32-20-11-10-19(16-22(20)34(30,31)27-12-3-2-4-13-27)25-23(28)17-7-5-8-18(15-17)26-24(29)21-9-6-14-33-21/h5-11,14-16H,2-4,12-13H2,1H3,(H,25,28)(H,26,29). The Morgan fingerprint density at radius 3 is 2.35 bits per heavy atom. The van der Waals surface area contributed by atoms with Crippen LogP contribution in [0.2, 0.25) is 0 Å². The smallest absolute Gasteiger partial charge is 0.265 e. The summed E-state index contributed by atoms with van der Waals surface area (Å²) in [7, 11) is -2.34. The monoisotopic (exact) mass is 499 g/mol. The lowest BCUT2D eigenvalue weighted by molar-refractivity contribution is 0.101. The molecule has 1 fully saturated rings. The van der Waals surface area contributed by atoms with Gasteiger partial charge in [0.25, 0.3) is 11.8 Å². The van der Waals surface area contributed by atoms with Crippen LogP contribution in [0.4, 0.5) is 11.4 Å². The van der Waals surface area contributed by atoms with Gasteiger partial charge in [0, 0.05) is 30.0 Å². The Balaban J connectivity index is 1.53. The molecule has 0 bridgehead atoms. The van der Waals surface area contributed by atoms with E-state index in [0.29, 0.717) is 34.9 Å². The number of hydrogen-bond acceptors (Lipinski definition) is 6. The predicted molar refractivity (Wildman–Crippen MR) is 132 cm³/mol. The molecule has 1 aromatic heterocycles. The summed E-state index contributed by atoms with van der Waals surface area (Å²) in [4.78, 5) is 25.8. The van der Waals surface area contributed by atoms with Gasteiger partial charge in [0.1, 0.15) is 10.6 Å². The van der Waals surface area contributed by atoms with Crippen molar-refractivity contribution < 1.29 is 22.7 Å². The molecule has 2 N–H and O–H groups in total. The fraction of sp³-hybridized carbons (Fsp3) is 0.250. The highest BCUT2D eigenvalue weighted by molar-refractivity contribution is 7.89. The molecule has 8 nitrogen and oxygen atoms in total. The molecule has 2 heterocycles. The Kier molecular flexibility index (Phi) is 7.30. The summed E-state index contributed by atoms with van der Waals surface area (Å²) in [5.74, 6) is -0.462. The molecule has 0 aliphatic carbocycles. The first-order valence-electron chi connectivity index (χ1n) is 10.8. The summed E-state index contributed by atoms with van der Waals surface area (Å²) in [5.41, 5.74) is 1.13. The number of carbonyl (C=O) groups excluding carboxylic acids is 2. The number of amides is 2. The van der Waals surface area contributed by atoms with Crippen LogP contribution in [-0.4, -0.2) is 44.7 Å². The molecular formula is C24H25N3O5S2. The van der Waals surface area contributed by atoms with E-state index in [0.717, 1.165) is 19.3 Å². The summed E-state index contributed by atoms with van der Waals surface area (Å²) in [6, 6.07) is 14.6. The number of anilines is 2. The van der Waals surface area contributed by atoms with Crippen molar-refractivity contribution in [1.29, 1.82) is 0 Å². The van der Waals surface area contributed by atoms with Gasteiger partial charge in [0.2, 0.25) is 10.0 Å². The van der Waals surface area contributed by atoms with Gasteiger partial charge in [-0.3, -0.25) is 9.59 Å². The molecule has 0 unspecified atom stereocenters. The van der Waals surface area contributed by atoms with E-state index in [1.807, 2.05) is 5.38 Å². The van der Waals surface area contributed by atoms with Gasteiger partial charge in [-0.05, 0) is 60.7 Å². The van der Waals surface area contributed by atoms with Gasteiger partial charge in [-0.2, -0.15) is 4.31 Å². The summed E-state index contributed by atoms with van der Waals surface area (Å²) in [6.07, 6.45) is 2.64. The van der Waals surface area contributed by atoms with Crippen molar-refractivity contribution in [2.45, 2.75) is 24.2 Å². The molecule has 178 valence electrons. The first-order valence-corrected chi connectivity index (χ1v) is 13.1. The molecular weight excluding hydrogens is 474 g/mol. The predicted octanol–water partition coefficient (Wildman–Crippen LogP) is 4.44. The van der Waals surface area contributed by atoms with Gasteiger partial charge in [-0.15, -0.1) is 11.3 Å². The molecule has 1 aliphatic rings. The molecule has 3 aromatic rings. The van der Waals surface area contributed by atoms with Gasteiger partial charge in [-0.1, -0.05) is 18.6 Å². The number of piperidine rings is 1. The molecule has 1 saturated heterocycles. The largest absolute Gasteiger partial charge is 0.495 e. The van der Waals surface area contributed by atoms with Gasteiger partial charge < -0.3 is 15.4 Å². The summed E-state index contributed by atoms with van der Waals surface area (Å²) >= 11 is 1.32. The van der Waals surface area contributed by atoms with E-state index in [4.69, 9.17) is 4.74 Å². The van der Waals surface area contributed by atoms with Crippen molar-refractivity contribution in [3.63, 3.8) is 0 Å². The Morgan fingerprint density at radius 1 is 0.912 bits per heavy atom. The highest BCUT2D eigenvalue weighted by atomic mass is 32.2. The number of rotatable bonds is 7. The molecule has 4 rings (SSSR count). The summed E-state index contributed by atoms with van der Waals surface area (Å²) in [6.45, 7) is 0.929. The second-order valence-corrected chi connectivity index (χ2v) is 10.7. The minimum absolute atomic E-state index is 0.0201. The Labute approximate surface area is 202 Å². The number of carbonyl (C=O) groups is 2. The summed E-state index contributed by atoms with van der Waals surface area (Å²) < 4.78 is 33.2. The van der Waals surface area contributed by atoms with Crippen molar-refractivity contribution in [3.05, 3.63) is 70.4 Å². The molecule has 10 heteroatoms. The van der Waals surface area contributed by atoms with Crippen LogP contribution in [0.25, 0.3) is 0 Å². The number of methoxy groups -OCH3 is 1. The number of thiophene rings is 1. The van der Waals surface area contributed by atoms with Crippen molar-refractivity contribution in [2.24, 2.45) is 0 Å². The molecule has 0 atom stereocenters. The molecule has 0 spiro atoms. The minimum Gasteiger partial charge on any atom is -0.495 e. The average Bonchev–Trinajstić information content (AvgIpc) is 3.40. The number of ether oxygens (including phenoxy) is 1. The number of benzene rings is 2. The maximum absolute atomic E-state index is 13.2. The molecule has 0 saturated carbocycles. The zero-order valence-corrected chi connectivity index (χ0v) is 20.2. The van der Waals surface area contributed by atoms with Gasteiger partial charge in [-0.25, -0.2) is 8.42 Å². The molecule has 2 amide bonds. The third kappa shape index (κ3) is 5.30. The lowest BCUT2D eigenvalue weighted by Crippen LogP contribution is -2.35. The maximum atomic E-state index is 13.2. The van der Waals surface area contributed by atoms with Gasteiger partial charge in [0.05, 0.1) is 12.0 Å². The molecule has 0 radical (unpaired) electrons. The van der Waals surface area contributed by atoms with Crippen LogP contribution in [0.3, 0.4) is 0 Å². The topological polar surface area (TPSA) is 105 Å². The van der Waals surface area contributed by atoms with Crippen LogP contribution >= 0.6 is 11.3 Å². The van der Waals surface area contributed by atoms with Crippen molar-refractivity contribution in [3.8, 4) is 5.75 Å². The quantitative estimate of drug-likeness (QED) is 0.500. The normalized spacial score (nSPS) is 14.4. The minimum atomic E-state index is -3.76. The SMILES string of the molecule is COc1ccc(NC(=O)c2cccc(NC(=O)c3cccs3)c2)cc1S(=O)(=O)N1CCCCC1. The van der Waals surface area contributed by atoms with Crippen LogP contribution in [0.5, 0.6) is 5.75 Å². The maximum Gasteiger partial charge on any atom is 0.265 e. The number of nitrogens with zero attached hydrogens (tertiary/aromatic N) is 1. The Bertz CT molecular complexity index is 1280. The highest BCUT2D eigenvalue weighted by Crippen LogP contribution is 2.31. The van der Waals surface area contributed by atoms with Gasteiger partial charge in [0.15, 0.2) is 0 Å². The van der Waals surface area contributed by atoms with E-state index in [1.54, 1.807) is 42.5 Å². The zero-order chi connectivity index (χ0) is 24.1.